The summed E-state index contributed by atoms with van der Waals surface area (Å²) in [6, 6.07) is 16.0. The average Bonchev–Trinajstić information content (AvgIpc) is 2.68. The van der Waals surface area contributed by atoms with Crippen molar-refractivity contribution in [2.24, 2.45) is 0 Å². The van der Waals surface area contributed by atoms with Gasteiger partial charge in [-0.25, -0.2) is 4.98 Å². The Hall–Kier alpha value is -3.54. The maximum absolute atomic E-state index is 12.3. The van der Waals surface area contributed by atoms with Gasteiger partial charge < -0.3 is 10.6 Å². The number of hydrogen-bond donors (Lipinski definition) is 2. The van der Waals surface area contributed by atoms with E-state index in [9.17, 15) is 9.59 Å². The van der Waals surface area contributed by atoms with Crippen LogP contribution in [0, 0.1) is 0 Å². The highest BCUT2D eigenvalue weighted by Crippen LogP contribution is 2.13. The third-order valence-corrected chi connectivity index (χ3v) is 3.72. The average molecular weight is 346 g/mol. The highest BCUT2D eigenvalue weighted by molar-refractivity contribution is 6.04. The molecule has 0 saturated heterocycles. The smallest absolute Gasteiger partial charge is 0.274 e. The first-order chi connectivity index (χ1) is 12.6. The number of hydrogen-bond acceptors (Lipinski definition) is 5. The van der Waals surface area contributed by atoms with Gasteiger partial charge in [-0.1, -0.05) is 18.2 Å². The first-order valence-corrected chi connectivity index (χ1v) is 8.14. The minimum atomic E-state index is -0.332. The molecule has 0 aliphatic rings. The number of benzene rings is 1. The van der Waals surface area contributed by atoms with Gasteiger partial charge in [-0.2, -0.15) is 0 Å². The van der Waals surface area contributed by atoms with E-state index >= 15 is 0 Å². The quantitative estimate of drug-likeness (QED) is 0.667. The summed E-state index contributed by atoms with van der Waals surface area (Å²) in [6.07, 6.45) is 3.34. The molecule has 6 heteroatoms. The number of nitrogens with one attached hydrogen (secondary N) is 2. The highest BCUT2D eigenvalue weighted by atomic mass is 16.2. The van der Waals surface area contributed by atoms with Gasteiger partial charge in [-0.05, 0) is 43.3 Å². The molecule has 0 fully saturated rings. The third-order valence-electron chi connectivity index (χ3n) is 3.72. The summed E-state index contributed by atoms with van der Waals surface area (Å²) in [4.78, 5) is 32.1. The summed E-state index contributed by atoms with van der Waals surface area (Å²) in [5.74, 6) is -0.385. The Balaban J connectivity index is 1.61. The number of Topliss-reactive ketones (excluding diaryl/α,β-unsaturated/α-hetero) is 1. The lowest BCUT2D eigenvalue weighted by Gasteiger charge is -2.08. The van der Waals surface area contributed by atoms with E-state index in [0.717, 1.165) is 11.4 Å². The molecular formula is C20H18N4O2. The number of rotatable bonds is 6. The molecule has 0 bridgehead atoms. The van der Waals surface area contributed by atoms with Gasteiger partial charge in [0.2, 0.25) is 0 Å². The molecule has 3 aromatic rings. The van der Waals surface area contributed by atoms with Crippen molar-refractivity contribution in [2.75, 3.05) is 10.6 Å². The molecule has 0 radical (unpaired) electrons. The lowest BCUT2D eigenvalue weighted by molar-refractivity contribution is 0.100. The molecule has 0 spiro atoms. The number of carbonyl (C=O) groups is 2. The van der Waals surface area contributed by atoms with Crippen molar-refractivity contribution in [2.45, 2.75) is 13.5 Å². The van der Waals surface area contributed by atoms with E-state index in [4.69, 9.17) is 0 Å². The normalized spacial score (nSPS) is 10.2. The second kappa shape index (κ2) is 8.02. The molecule has 1 amide bonds. The van der Waals surface area contributed by atoms with Gasteiger partial charge in [0.25, 0.3) is 5.91 Å². The SMILES string of the molecule is CC(=O)c1cccc(NC(=O)c2ccc(NCc3ccccn3)cn2)c1. The van der Waals surface area contributed by atoms with E-state index in [2.05, 4.69) is 20.6 Å². The lowest BCUT2D eigenvalue weighted by atomic mass is 10.1. The number of aromatic nitrogens is 2. The Bertz CT molecular complexity index is 909. The van der Waals surface area contributed by atoms with Crippen molar-refractivity contribution in [1.82, 2.24) is 9.97 Å². The number of nitrogens with zero attached hydrogens (tertiary/aromatic N) is 2. The maximum Gasteiger partial charge on any atom is 0.274 e. The molecule has 26 heavy (non-hydrogen) atoms. The van der Waals surface area contributed by atoms with Gasteiger partial charge in [0.1, 0.15) is 5.69 Å². The van der Waals surface area contributed by atoms with Gasteiger partial charge in [0.05, 0.1) is 24.1 Å². The fourth-order valence-corrected chi connectivity index (χ4v) is 2.34. The fourth-order valence-electron chi connectivity index (χ4n) is 2.34. The van der Waals surface area contributed by atoms with Crippen LogP contribution in [0.2, 0.25) is 0 Å². The topological polar surface area (TPSA) is 84.0 Å². The monoisotopic (exact) mass is 346 g/mol. The Labute approximate surface area is 151 Å². The largest absolute Gasteiger partial charge is 0.378 e. The van der Waals surface area contributed by atoms with Crippen molar-refractivity contribution >= 4 is 23.1 Å². The molecule has 3 rings (SSSR count). The van der Waals surface area contributed by atoms with Crippen LogP contribution in [0.15, 0.2) is 67.0 Å². The molecule has 0 unspecified atom stereocenters. The molecule has 2 heterocycles. The van der Waals surface area contributed by atoms with Crippen molar-refractivity contribution in [3.05, 3.63) is 83.9 Å². The van der Waals surface area contributed by atoms with Crippen LogP contribution in [0.5, 0.6) is 0 Å². The van der Waals surface area contributed by atoms with Crippen molar-refractivity contribution in [3.63, 3.8) is 0 Å². The van der Waals surface area contributed by atoms with Crippen LogP contribution in [0.3, 0.4) is 0 Å². The Kier molecular flexibility index (Phi) is 5.34. The van der Waals surface area contributed by atoms with Crippen LogP contribution < -0.4 is 10.6 Å². The van der Waals surface area contributed by atoms with Gasteiger partial charge in [-0.3, -0.25) is 14.6 Å². The minimum absolute atomic E-state index is 0.0532. The fraction of sp³-hybridized carbons (Fsp3) is 0.100. The summed E-state index contributed by atoms with van der Waals surface area (Å²) < 4.78 is 0. The first-order valence-electron chi connectivity index (χ1n) is 8.14. The van der Waals surface area contributed by atoms with Gasteiger partial charge in [0.15, 0.2) is 5.78 Å². The summed E-state index contributed by atoms with van der Waals surface area (Å²) in [7, 11) is 0. The van der Waals surface area contributed by atoms with E-state index in [1.165, 1.54) is 6.92 Å². The van der Waals surface area contributed by atoms with E-state index in [1.807, 2.05) is 18.2 Å². The van der Waals surface area contributed by atoms with Crippen LogP contribution in [-0.4, -0.2) is 21.7 Å². The predicted molar refractivity (Wildman–Crippen MR) is 100 cm³/mol. The van der Waals surface area contributed by atoms with Crippen LogP contribution in [-0.2, 0) is 6.54 Å². The number of carbonyl (C=O) groups excluding carboxylic acids is 2. The van der Waals surface area contributed by atoms with E-state index in [1.54, 1.807) is 48.8 Å². The number of anilines is 2. The van der Waals surface area contributed by atoms with Gasteiger partial charge >= 0.3 is 0 Å². The summed E-state index contributed by atoms with van der Waals surface area (Å²) in [6.45, 7) is 2.06. The lowest BCUT2D eigenvalue weighted by Crippen LogP contribution is -2.14. The van der Waals surface area contributed by atoms with Crippen LogP contribution in [0.1, 0.15) is 33.5 Å². The van der Waals surface area contributed by atoms with Crippen molar-refractivity contribution in [3.8, 4) is 0 Å². The molecule has 2 N–H and O–H groups in total. The highest BCUT2D eigenvalue weighted by Gasteiger charge is 2.09. The van der Waals surface area contributed by atoms with Crippen molar-refractivity contribution < 1.29 is 9.59 Å². The molecular weight excluding hydrogens is 328 g/mol. The molecule has 130 valence electrons. The van der Waals surface area contributed by atoms with Crippen LogP contribution in [0.4, 0.5) is 11.4 Å². The van der Waals surface area contributed by atoms with Crippen molar-refractivity contribution in [1.29, 1.82) is 0 Å². The van der Waals surface area contributed by atoms with Crippen LogP contribution in [0.25, 0.3) is 0 Å². The zero-order valence-corrected chi connectivity index (χ0v) is 14.3. The molecule has 0 saturated carbocycles. The molecule has 2 aromatic heterocycles. The van der Waals surface area contributed by atoms with E-state index < -0.39 is 0 Å². The standard InChI is InChI=1S/C20H18N4O2/c1-14(25)15-5-4-7-16(11-15)24-20(26)19-9-8-18(13-23-19)22-12-17-6-2-3-10-21-17/h2-11,13,22H,12H2,1H3,(H,24,26). The zero-order valence-electron chi connectivity index (χ0n) is 14.3. The zero-order chi connectivity index (χ0) is 18.4. The second-order valence-electron chi connectivity index (χ2n) is 5.70. The third kappa shape index (κ3) is 4.51. The van der Waals surface area contributed by atoms with E-state index in [0.29, 0.717) is 23.5 Å². The number of amides is 1. The Morgan fingerprint density at radius 1 is 0.962 bits per heavy atom. The number of pyridine rings is 2. The maximum atomic E-state index is 12.3. The summed E-state index contributed by atoms with van der Waals surface area (Å²) in [5, 5.41) is 5.95. The summed E-state index contributed by atoms with van der Waals surface area (Å²) in [5.41, 5.74) is 3.11. The second-order valence-corrected chi connectivity index (χ2v) is 5.70. The Morgan fingerprint density at radius 3 is 2.54 bits per heavy atom. The minimum Gasteiger partial charge on any atom is -0.378 e. The number of ketones is 1. The predicted octanol–water partition coefficient (Wildman–Crippen LogP) is 3.54. The molecule has 0 aliphatic carbocycles. The van der Waals surface area contributed by atoms with E-state index in [-0.39, 0.29) is 11.7 Å². The van der Waals surface area contributed by atoms with Gasteiger partial charge in [-0.15, -0.1) is 0 Å². The van der Waals surface area contributed by atoms with Gasteiger partial charge in [0, 0.05) is 17.4 Å². The Morgan fingerprint density at radius 2 is 1.85 bits per heavy atom. The molecule has 1 aromatic carbocycles. The van der Waals surface area contributed by atoms with Crippen LogP contribution >= 0.6 is 0 Å². The molecule has 6 nitrogen and oxygen atoms in total. The summed E-state index contributed by atoms with van der Waals surface area (Å²) >= 11 is 0. The molecule has 0 aliphatic heterocycles. The molecule has 0 atom stereocenters. The first kappa shape index (κ1) is 17.3.